The van der Waals surface area contributed by atoms with Gasteiger partial charge in [0, 0.05) is 34.1 Å². The Balaban J connectivity index is 2.19. The zero-order chi connectivity index (χ0) is 28.9. The first kappa shape index (κ1) is 29.9. The number of aromatic nitrogens is 3. The first-order valence-corrected chi connectivity index (χ1v) is 12.5. The quantitative estimate of drug-likeness (QED) is 0.208. The van der Waals surface area contributed by atoms with Crippen LogP contribution in [0.25, 0.3) is 0 Å². The molecule has 15 heteroatoms. The van der Waals surface area contributed by atoms with Crippen LogP contribution in [0, 0.1) is 9.41 Å². The standard InChI is InChI=1S/C24H28N4O9S2/c1-12(29)33-11-18-19(34-13(2)30)20(35-14(3)31)21(36-15(4)32)22(37-18)28-24(39)27(25)23(38)17(26-28)10-16-8-6-5-7-9-16/h5-9,18-22H,10-11,25H2,1-4H3/t18-,19+,20+,21-,22-/m1/s1. The van der Waals surface area contributed by atoms with Crippen molar-refractivity contribution in [2.24, 2.45) is 0 Å². The van der Waals surface area contributed by atoms with Crippen molar-refractivity contribution in [1.29, 1.82) is 0 Å². The Hall–Kier alpha value is -3.69. The molecule has 2 N–H and O–H groups in total. The Morgan fingerprint density at radius 1 is 0.897 bits per heavy atom. The minimum Gasteiger partial charge on any atom is -0.463 e. The lowest BCUT2D eigenvalue weighted by atomic mass is 9.97. The van der Waals surface area contributed by atoms with Gasteiger partial charge < -0.3 is 29.5 Å². The molecule has 0 radical (unpaired) electrons. The van der Waals surface area contributed by atoms with Crippen molar-refractivity contribution in [3.8, 4) is 0 Å². The Bertz CT molecular complexity index is 1360. The lowest BCUT2D eigenvalue weighted by Crippen LogP contribution is -2.61. The van der Waals surface area contributed by atoms with Crippen LogP contribution in [0.2, 0.25) is 0 Å². The van der Waals surface area contributed by atoms with E-state index >= 15 is 0 Å². The molecule has 1 aliphatic rings. The van der Waals surface area contributed by atoms with Crippen LogP contribution >= 0.6 is 24.4 Å². The molecule has 1 aromatic heterocycles. The van der Waals surface area contributed by atoms with Gasteiger partial charge in [-0.25, -0.2) is 9.36 Å². The van der Waals surface area contributed by atoms with Gasteiger partial charge in [0.25, 0.3) is 0 Å². The average molecular weight is 581 g/mol. The Kier molecular flexibility index (Phi) is 9.88. The van der Waals surface area contributed by atoms with Crippen LogP contribution in [0.15, 0.2) is 30.3 Å². The first-order valence-electron chi connectivity index (χ1n) is 11.7. The smallest absolute Gasteiger partial charge is 0.303 e. The third-order valence-electron chi connectivity index (χ3n) is 5.52. The SMILES string of the molecule is CC(=O)OC[C@H]1O[C@@H](n2nc(Cc3ccccc3)c(=S)n(N)c2=S)[C@H](OC(C)=O)[C@@H](OC(C)=O)[C@H]1OC(C)=O. The van der Waals surface area contributed by atoms with E-state index in [-0.39, 0.29) is 15.8 Å². The van der Waals surface area contributed by atoms with Crippen molar-refractivity contribution in [1.82, 2.24) is 14.5 Å². The van der Waals surface area contributed by atoms with Crippen LogP contribution in [0.4, 0.5) is 0 Å². The zero-order valence-electron chi connectivity index (χ0n) is 21.6. The molecular weight excluding hydrogens is 552 g/mol. The van der Waals surface area contributed by atoms with Gasteiger partial charge in [-0.2, -0.15) is 5.10 Å². The molecule has 0 bridgehead atoms. The number of nitrogens with two attached hydrogens (primary N) is 1. The molecule has 5 atom stereocenters. The highest BCUT2D eigenvalue weighted by Crippen LogP contribution is 2.34. The molecule has 0 aliphatic carbocycles. The summed E-state index contributed by atoms with van der Waals surface area (Å²) in [5, 5.41) is 4.57. The highest BCUT2D eigenvalue weighted by molar-refractivity contribution is 7.72. The number of benzene rings is 1. The molecule has 210 valence electrons. The molecule has 1 aromatic carbocycles. The van der Waals surface area contributed by atoms with Crippen molar-refractivity contribution in [2.45, 2.75) is 64.8 Å². The number of hydrogen-bond acceptors (Lipinski definition) is 13. The number of nitrogen functional groups attached to an aromatic ring is 1. The van der Waals surface area contributed by atoms with E-state index in [1.807, 2.05) is 30.3 Å². The minimum atomic E-state index is -1.41. The predicted molar refractivity (Wildman–Crippen MR) is 138 cm³/mol. The summed E-state index contributed by atoms with van der Waals surface area (Å²) in [4.78, 5) is 47.8. The third-order valence-corrected chi connectivity index (χ3v) is 6.33. The van der Waals surface area contributed by atoms with E-state index in [9.17, 15) is 19.2 Å². The maximum atomic E-state index is 12.2. The molecule has 39 heavy (non-hydrogen) atoms. The number of carbonyl (C=O) groups excluding carboxylic acids is 4. The van der Waals surface area contributed by atoms with Crippen LogP contribution in [0.3, 0.4) is 0 Å². The Morgan fingerprint density at radius 3 is 2.03 bits per heavy atom. The topological polar surface area (TPSA) is 163 Å². The minimum absolute atomic E-state index is 0.113. The summed E-state index contributed by atoms with van der Waals surface area (Å²) < 4.78 is 29.9. The predicted octanol–water partition coefficient (Wildman–Crippen LogP) is 1.70. The molecule has 13 nitrogen and oxygen atoms in total. The van der Waals surface area contributed by atoms with Gasteiger partial charge in [0.1, 0.15) is 18.4 Å². The molecular formula is C24H28N4O9S2. The molecule has 1 fully saturated rings. The lowest BCUT2D eigenvalue weighted by Gasteiger charge is -2.44. The van der Waals surface area contributed by atoms with E-state index in [0.717, 1.165) is 35.7 Å². The molecule has 0 saturated carbocycles. The van der Waals surface area contributed by atoms with Crippen molar-refractivity contribution < 1.29 is 42.9 Å². The van der Waals surface area contributed by atoms with Gasteiger partial charge in [-0.1, -0.05) is 42.5 Å². The second-order valence-electron chi connectivity index (χ2n) is 8.60. The van der Waals surface area contributed by atoms with Gasteiger partial charge in [0.15, 0.2) is 29.2 Å². The average Bonchev–Trinajstić information content (AvgIpc) is 2.85. The second kappa shape index (κ2) is 12.9. The van der Waals surface area contributed by atoms with Crippen LogP contribution < -0.4 is 5.84 Å². The van der Waals surface area contributed by atoms with E-state index in [1.54, 1.807) is 0 Å². The fourth-order valence-corrected chi connectivity index (χ4v) is 4.51. The number of carbonyl (C=O) groups is 4. The van der Waals surface area contributed by atoms with E-state index in [0.29, 0.717) is 5.69 Å². The summed E-state index contributed by atoms with van der Waals surface area (Å²) in [5.41, 5.74) is 1.22. The summed E-state index contributed by atoms with van der Waals surface area (Å²) in [5.74, 6) is 3.28. The van der Waals surface area contributed by atoms with Gasteiger partial charge >= 0.3 is 23.9 Å². The molecule has 0 unspecified atom stereocenters. The van der Waals surface area contributed by atoms with Gasteiger partial charge in [0.05, 0.1) is 0 Å². The van der Waals surface area contributed by atoms with Crippen LogP contribution in [-0.2, 0) is 49.3 Å². The van der Waals surface area contributed by atoms with Gasteiger partial charge in [-0.3, -0.25) is 19.2 Å². The van der Waals surface area contributed by atoms with Crippen LogP contribution in [-0.4, -0.2) is 69.4 Å². The molecule has 2 aromatic rings. The van der Waals surface area contributed by atoms with Crippen molar-refractivity contribution >= 4 is 48.3 Å². The number of rotatable bonds is 8. The summed E-state index contributed by atoms with van der Waals surface area (Å²) in [6, 6.07) is 9.31. The second-order valence-corrected chi connectivity index (χ2v) is 9.35. The first-order chi connectivity index (χ1) is 18.4. The molecule has 0 spiro atoms. The van der Waals surface area contributed by atoms with E-state index in [4.69, 9.17) is 54.0 Å². The molecule has 1 saturated heterocycles. The van der Waals surface area contributed by atoms with E-state index in [2.05, 4.69) is 5.10 Å². The van der Waals surface area contributed by atoms with Crippen LogP contribution in [0.1, 0.15) is 45.2 Å². The number of nitrogens with zero attached hydrogens (tertiary/aromatic N) is 3. The summed E-state index contributed by atoms with van der Waals surface area (Å²) in [6.45, 7) is 4.17. The number of esters is 4. The highest BCUT2D eigenvalue weighted by atomic mass is 32.1. The maximum absolute atomic E-state index is 12.2. The zero-order valence-corrected chi connectivity index (χ0v) is 23.2. The number of ether oxygens (including phenoxy) is 5. The van der Waals surface area contributed by atoms with Crippen LogP contribution in [0.5, 0.6) is 0 Å². The normalized spacial score (nSPS) is 22.4. The maximum Gasteiger partial charge on any atom is 0.303 e. The van der Waals surface area contributed by atoms with Crippen molar-refractivity contribution in [3.05, 3.63) is 51.0 Å². The summed E-state index contributed by atoms with van der Waals surface area (Å²) >= 11 is 11.0. The molecule has 1 aliphatic heterocycles. The Labute approximate surface area is 233 Å². The highest BCUT2D eigenvalue weighted by Gasteiger charge is 2.53. The van der Waals surface area contributed by atoms with Gasteiger partial charge in [-0.05, 0) is 17.8 Å². The van der Waals surface area contributed by atoms with Gasteiger partial charge in [-0.15, -0.1) is 0 Å². The van der Waals surface area contributed by atoms with E-state index in [1.165, 1.54) is 6.92 Å². The monoisotopic (exact) mass is 580 g/mol. The summed E-state index contributed by atoms with van der Waals surface area (Å²) in [6.07, 6.45) is -6.41. The van der Waals surface area contributed by atoms with E-state index < -0.39 is 61.1 Å². The summed E-state index contributed by atoms with van der Waals surface area (Å²) in [7, 11) is 0. The Morgan fingerprint density at radius 2 is 1.46 bits per heavy atom. The fraction of sp³-hybridized carbons (Fsp3) is 0.458. The molecule has 0 amide bonds. The van der Waals surface area contributed by atoms with Crippen molar-refractivity contribution in [2.75, 3.05) is 12.4 Å². The lowest BCUT2D eigenvalue weighted by molar-refractivity contribution is -0.271. The molecule has 3 rings (SSSR count). The molecule has 2 heterocycles. The largest absolute Gasteiger partial charge is 0.463 e. The van der Waals surface area contributed by atoms with Crippen molar-refractivity contribution in [3.63, 3.8) is 0 Å². The van der Waals surface area contributed by atoms with Gasteiger partial charge in [0.2, 0.25) is 4.77 Å². The third kappa shape index (κ3) is 7.46. The number of hydrogen-bond donors (Lipinski definition) is 1. The fourth-order valence-electron chi connectivity index (χ4n) is 4.02.